The lowest BCUT2D eigenvalue weighted by Gasteiger charge is -2.16. The standard InChI is InChI=1S/C23H19ClF4N2O2/c1-13-19(17-10-7-15(24)11-18(17)25)21(32-22(31)29-16-8-9-16)30(20(13)23(26,27)28)12-14-5-3-2-4-6-14/h2-7,10-11,16H,8-9,12H2,1H3,(H,29,31). The summed E-state index contributed by atoms with van der Waals surface area (Å²) in [6.07, 6.45) is -4.12. The highest BCUT2D eigenvalue weighted by Crippen LogP contribution is 2.46. The molecule has 0 atom stereocenters. The predicted octanol–water partition coefficient (Wildman–Crippen LogP) is 6.57. The van der Waals surface area contributed by atoms with Gasteiger partial charge < -0.3 is 14.6 Å². The number of hydrogen-bond donors (Lipinski definition) is 1. The van der Waals surface area contributed by atoms with Gasteiger partial charge in [-0.2, -0.15) is 13.2 Å². The number of halogens is 5. The maximum absolute atomic E-state index is 14.8. The molecule has 1 amide bonds. The van der Waals surface area contributed by atoms with Crippen molar-refractivity contribution < 1.29 is 27.1 Å². The number of aromatic nitrogens is 1. The highest BCUT2D eigenvalue weighted by Gasteiger charge is 2.41. The van der Waals surface area contributed by atoms with Crippen molar-refractivity contribution in [1.29, 1.82) is 0 Å². The fourth-order valence-electron chi connectivity index (χ4n) is 3.63. The molecule has 1 saturated carbocycles. The van der Waals surface area contributed by atoms with Gasteiger partial charge in [-0.15, -0.1) is 0 Å². The zero-order chi connectivity index (χ0) is 23.0. The SMILES string of the molecule is Cc1c(-c2ccc(Cl)cc2F)c(OC(=O)NC2CC2)n(Cc2ccccc2)c1C(F)(F)F. The summed E-state index contributed by atoms with van der Waals surface area (Å²) < 4.78 is 63.5. The summed E-state index contributed by atoms with van der Waals surface area (Å²) in [5.41, 5.74) is -0.987. The smallest absolute Gasteiger partial charge is 0.392 e. The van der Waals surface area contributed by atoms with Gasteiger partial charge in [0.25, 0.3) is 0 Å². The number of carbonyl (C=O) groups excluding carboxylic acids is 1. The molecule has 168 valence electrons. The van der Waals surface area contributed by atoms with Gasteiger partial charge in [-0.25, -0.2) is 9.18 Å². The number of nitrogens with one attached hydrogen (secondary N) is 1. The molecule has 0 radical (unpaired) electrons. The third-order valence-corrected chi connectivity index (χ3v) is 5.44. The van der Waals surface area contributed by atoms with Crippen LogP contribution in [0.3, 0.4) is 0 Å². The minimum Gasteiger partial charge on any atom is -0.392 e. The lowest BCUT2D eigenvalue weighted by molar-refractivity contribution is -0.144. The van der Waals surface area contributed by atoms with E-state index in [0.717, 1.165) is 23.5 Å². The molecule has 0 aliphatic heterocycles. The van der Waals surface area contributed by atoms with E-state index in [1.807, 2.05) is 0 Å². The first kappa shape index (κ1) is 22.2. The second-order valence-electron chi connectivity index (χ2n) is 7.66. The van der Waals surface area contributed by atoms with E-state index in [1.165, 1.54) is 19.1 Å². The monoisotopic (exact) mass is 466 g/mol. The van der Waals surface area contributed by atoms with E-state index < -0.39 is 23.8 Å². The number of alkyl halides is 3. The van der Waals surface area contributed by atoms with Crippen LogP contribution in [0.1, 0.15) is 29.7 Å². The third-order valence-electron chi connectivity index (χ3n) is 5.20. The van der Waals surface area contributed by atoms with E-state index in [-0.39, 0.29) is 40.2 Å². The van der Waals surface area contributed by atoms with Crippen molar-refractivity contribution in [2.75, 3.05) is 0 Å². The Morgan fingerprint density at radius 3 is 2.47 bits per heavy atom. The van der Waals surface area contributed by atoms with Gasteiger partial charge in [-0.05, 0) is 49.1 Å². The quantitative estimate of drug-likeness (QED) is 0.432. The molecule has 0 saturated heterocycles. The number of nitrogens with zero attached hydrogens (tertiary/aromatic N) is 1. The van der Waals surface area contributed by atoms with Crippen LogP contribution in [-0.4, -0.2) is 16.7 Å². The first-order valence-electron chi connectivity index (χ1n) is 9.93. The number of amides is 1. The minimum atomic E-state index is -4.77. The molecule has 0 unspecified atom stereocenters. The van der Waals surface area contributed by atoms with Gasteiger partial charge in [0, 0.05) is 16.6 Å². The van der Waals surface area contributed by atoms with Gasteiger partial charge in [-0.3, -0.25) is 0 Å². The molecule has 1 aliphatic carbocycles. The molecule has 1 heterocycles. The topological polar surface area (TPSA) is 43.3 Å². The molecule has 0 spiro atoms. The van der Waals surface area contributed by atoms with Crippen LogP contribution in [0.5, 0.6) is 5.88 Å². The Bertz CT molecular complexity index is 1160. The van der Waals surface area contributed by atoms with Crippen molar-refractivity contribution in [3.05, 3.63) is 76.2 Å². The van der Waals surface area contributed by atoms with Gasteiger partial charge in [0.2, 0.25) is 5.88 Å². The molecule has 2 aromatic carbocycles. The fourth-order valence-corrected chi connectivity index (χ4v) is 3.79. The summed E-state index contributed by atoms with van der Waals surface area (Å²) in [6, 6.07) is 12.0. The molecular weight excluding hydrogens is 448 g/mol. The lowest BCUT2D eigenvalue weighted by atomic mass is 10.0. The summed E-state index contributed by atoms with van der Waals surface area (Å²) in [6.45, 7) is 1.01. The summed E-state index contributed by atoms with van der Waals surface area (Å²) in [5.74, 6) is -1.20. The molecule has 4 nitrogen and oxygen atoms in total. The molecule has 1 aliphatic rings. The van der Waals surface area contributed by atoms with E-state index >= 15 is 0 Å². The third kappa shape index (κ3) is 4.60. The Morgan fingerprint density at radius 1 is 1.19 bits per heavy atom. The molecular formula is C23H19ClF4N2O2. The Kier molecular flexibility index (Phi) is 5.90. The second kappa shape index (κ2) is 8.50. The van der Waals surface area contributed by atoms with E-state index in [4.69, 9.17) is 16.3 Å². The van der Waals surface area contributed by atoms with Crippen LogP contribution in [0.2, 0.25) is 5.02 Å². The summed E-state index contributed by atoms with van der Waals surface area (Å²) in [4.78, 5) is 12.4. The number of carbonyl (C=O) groups is 1. The molecule has 9 heteroatoms. The van der Waals surface area contributed by atoms with Crippen molar-refractivity contribution in [3.63, 3.8) is 0 Å². The van der Waals surface area contributed by atoms with E-state index in [0.29, 0.717) is 5.56 Å². The predicted molar refractivity (Wildman–Crippen MR) is 112 cm³/mol. The molecule has 1 N–H and O–H groups in total. The summed E-state index contributed by atoms with van der Waals surface area (Å²) in [7, 11) is 0. The summed E-state index contributed by atoms with van der Waals surface area (Å²) >= 11 is 5.83. The van der Waals surface area contributed by atoms with Crippen molar-refractivity contribution in [2.45, 2.75) is 38.5 Å². The van der Waals surface area contributed by atoms with Crippen LogP contribution in [-0.2, 0) is 12.7 Å². The Hall–Kier alpha value is -3.00. The maximum Gasteiger partial charge on any atom is 0.431 e. The number of rotatable bonds is 5. The molecule has 1 aromatic heterocycles. The van der Waals surface area contributed by atoms with Crippen LogP contribution in [0, 0.1) is 12.7 Å². The number of hydrogen-bond acceptors (Lipinski definition) is 2. The number of benzene rings is 2. The Labute approximate surface area is 186 Å². The first-order valence-corrected chi connectivity index (χ1v) is 10.3. The molecule has 1 fully saturated rings. The van der Waals surface area contributed by atoms with Crippen LogP contribution in [0.15, 0.2) is 48.5 Å². The highest BCUT2D eigenvalue weighted by atomic mass is 35.5. The zero-order valence-corrected chi connectivity index (χ0v) is 17.7. The van der Waals surface area contributed by atoms with Gasteiger partial charge in [0.15, 0.2) is 0 Å². The largest absolute Gasteiger partial charge is 0.431 e. The maximum atomic E-state index is 14.8. The van der Waals surface area contributed by atoms with Crippen LogP contribution in [0.25, 0.3) is 11.1 Å². The van der Waals surface area contributed by atoms with Crippen molar-refractivity contribution >= 4 is 17.7 Å². The van der Waals surface area contributed by atoms with Gasteiger partial charge in [0.1, 0.15) is 11.5 Å². The average molecular weight is 467 g/mol. The normalized spacial score (nSPS) is 13.8. The number of ether oxygens (including phenoxy) is 1. The van der Waals surface area contributed by atoms with E-state index in [9.17, 15) is 22.4 Å². The fraction of sp³-hybridized carbons (Fsp3) is 0.261. The Balaban J connectivity index is 1.93. The first-order chi connectivity index (χ1) is 15.1. The van der Waals surface area contributed by atoms with E-state index in [1.54, 1.807) is 30.3 Å². The van der Waals surface area contributed by atoms with E-state index in [2.05, 4.69) is 5.32 Å². The van der Waals surface area contributed by atoms with Gasteiger partial charge >= 0.3 is 12.3 Å². The molecule has 32 heavy (non-hydrogen) atoms. The molecule has 0 bridgehead atoms. The van der Waals surface area contributed by atoms with Gasteiger partial charge in [0.05, 0.1) is 12.1 Å². The molecule has 3 aromatic rings. The summed E-state index contributed by atoms with van der Waals surface area (Å²) in [5, 5.41) is 2.69. The Morgan fingerprint density at radius 2 is 1.88 bits per heavy atom. The van der Waals surface area contributed by atoms with Crippen LogP contribution >= 0.6 is 11.6 Å². The van der Waals surface area contributed by atoms with Crippen LogP contribution < -0.4 is 10.1 Å². The van der Waals surface area contributed by atoms with Crippen molar-refractivity contribution in [1.82, 2.24) is 9.88 Å². The highest BCUT2D eigenvalue weighted by molar-refractivity contribution is 6.30. The van der Waals surface area contributed by atoms with Gasteiger partial charge in [-0.1, -0.05) is 41.9 Å². The lowest BCUT2D eigenvalue weighted by Crippen LogP contribution is -2.30. The average Bonchev–Trinajstić information content (AvgIpc) is 3.47. The molecule has 4 rings (SSSR count). The minimum absolute atomic E-state index is 0.0704. The second-order valence-corrected chi connectivity index (χ2v) is 8.09. The van der Waals surface area contributed by atoms with Crippen molar-refractivity contribution in [3.8, 4) is 17.0 Å². The van der Waals surface area contributed by atoms with Crippen molar-refractivity contribution in [2.24, 2.45) is 0 Å². The zero-order valence-electron chi connectivity index (χ0n) is 17.0. The van der Waals surface area contributed by atoms with Crippen LogP contribution in [0.4, 0.5) is 22.4 Å².